The number of hydrogen-bond acceptors (Lipinski definition) is 6. The molecule has 8 heteroatoms. The molecule has 0 radical (unpaired) electrons. The molecular formula is C13H11N3O5. The van der Waals surface area contributed by atoms with Gasteiger partial charge in [-0.2, -0.15) is 4.98 Å². The average Bonchev–Trinajstić information content (AvgIpc) is 2.91. The Bertz CT molecular complexity index is 724. The number of carboxylic acids is 1. The number of carbonyl (C=O) groups is 2. The molecule has 0 unspecified atom stereocenters. The number of para-hydroxylation sites is 1. The summed E-state index contributed by atoms with van der Waals surface area (Å²) in [4.78, 5) is 28.9. The number of carbonyl (C=O) groups excluding carboxylic acids is 1. The van der Waals surface area contributed by atoms with Gasteiger partial charge < -0.3 is 14.4 Å². The van der Waals surface area contributed by atoms with E-state index in [1.165, 1.54) is 11.0 Å². The first-order valence-corrected chi connectivity index (χ1v) is 6.19. The summed E-state index contributed by atoms with van der Waals surface area (Å²) >= 11 is 0. The first kappa shape index (κ1) is 13.1. The topological polar surface area (TPSA) is 106 Å². The second kappa shape index (κ2) is 4.89. The van der Waals surface area contributed by atoms with E-state index in [-0.39, 0.29) is 36.2 Å². The molecule has 0 bridgehead atoms. The van der Waals surface area contributed by atoms with E-state index >= 15 is 0 Å². The third-order valence-corrected chi connectivity index (χ3v) is 3.04. The predicted octanol–water partition coefficient (Wildman–Crippen LogP) is 1.12. The van der Waals surface area contributed by atoms with Gasteiger partial charge in [-0.3, -0.25) is 9.69 Å². The van der Waals surface area contributed by atoms with Crippen LogP contribution in [0.2, 0.25) is 0 Å². The zero-order valence-corrected chi connectivity index (χ0v) is 11.1. The van der Waals surface area contributed by atoms with Gasteiger partial charge >= 0.3 is 5.97 Å². The molecule has 2 aromatic rings. The first-order valence-electron chi connectivity index (χ1n) is 6.19. The Morgan fingerprint density at radius 3 is 2.86 bits per heavy atom. The SMILES string of the molecule is Cc1nc(C(=O)N2CCOc3c(C(=O)O)cccc32)no1. The van der Waals surface area contributed by atoms with Crippen LogP contribution in [0.3, 0.4) is 0 Å². The summed E-state index contributed by atoms with van der Waals surface area (Å²) in [6, 6.07) is 4.60. The van der Waals surface area contributed by atoms with E-state index in [4.69, 9.17) is 14.4 Å². The van der Waals surface area contributed by atoms with E-state index in [1.807, 2.05) is 0 Å². The van der Waals surface area contributed by atoms with Crippen LogP contribution in [0.15, 0.2) is 22.7 Å². The predicted molar refractivity (Wildman–Crippen MR) is 69.6 cm³/mol. The van der Waals surface area contributed by atoms with Crippen LogP contribution in [0.5, 0.6) is 5.75 Å². The standard InChI is InChI=1S/C13H11N3O5/c1-7-14-11(15-21-7)12(17)16-5-6-20-10-8(13(18)19)3-2-4-9(10)16/h2-4H,5-6H2,1H3,(H,18,19). The highest BCUT2D eigenvalue weighted by molar-refractivity contribution is 6.06. The van der Waals surface area contributed by atoms with Crippen molar-refractivity contribution >= 4 is 17.6 Å². The van der Waals surface area contributed by atoms with E-state index in [2.05, 4.69) is 10.1 Å². The van der Waals surface area contributed by atoms with Crippen molar-refractivity contribution in [1.82, 2.24) is 10.1 Å². The molecule has 1 aliphatic heterocycles. The summed E-state index contributed by atoms with van der Waals surface area (Å²) in [5.74, 6) is -1.19. The highest BCUT2D eigenvalue weighted by atomic mass is 16.5. The Kier molecular flexibility index (Phi) is 3.05. The van der Waals surface area contributed by atoms with E-state index in [9.17, 15) is 9.59 Å². The number of hydrogen-bond donors (Lipinski definition) is 1. The molecule has 0 atom stereocenters. The van der Waals surface area contributed by atoms with Crippen LogP contribution in [-0.2, 0) is 0 Å². The minimum atomic E-state index is -1.11. The molecule has 2 heterocycles. The lowest BCUT2D eigenvalue weighted by Crippen LogP contribution is -2.39. The number of rotatable bonds is 2. The van der Waals surface area contributed by atoms with E-state index in [0.717, 1.165) is 0 Å². The number of aromatic nitrogens is 2. The third kappa shape index (κ3) is 2.20. The molecule has 1 amide bonds. The van der Waals surface area contributed by atoms with Crippen LogP contribution in [0.4, 0.5) is 5.69 Å². The van der Waals surface area contributed by atoms with Crippen molar-refractivity contribution < 1.29 is 24.0 Å². The van der Waals surface area contributed by atoms with Gasteiger partial charge in [0.1, 0.15) is 12.2 Å². The molecule has 1 aliphatic rings. The molecule has 1 N–H and O–H groups in total. The fourth-order valence-electron chi connectivity index (χ4n) is 2.13. The number of benzene rings is 1. The normalized spacial score (nSPS) is 13.5. The molecule has 0 saturated heterocycles. The van der Waals surface area contributed by atoms with Crippen molar-refractivity contribution in [2.24, 2.45) is 0 Å². The molecule has 8 nitrogen and oxygen atoms in total. The quantitative estimate of drug-likeness (QED) is 0.882. The van der Waals surface area contributed by atoms with Gasteiger partial charge in [0.25, 0.3) is 11.7 Å². The van der Waals surface area contributed by atoms with Crippen molar-refractivity contribution in [3.8, 4) is 5.75 Å². The lowest BCUT2D eigenvalue weighted by atomic mass is 10.1. The molecule has 0 saturated carbocycles. The third-order valence-electron chi connectivity index (χ3n) is 3.04. The second-order valence-corrected chi connectivity index (χ2v) is 4.40. The van der Waals surface area contributed by atoms with Gasteiger partial charge in [0.05, 0.1) is 12.2 Å². The van der Waals surface area contributed by atoms with Gasteiger partial charge in [-0.15, -0.1) is 0 Å². The van der Waals surface area contributed by atoms with Gasteiger partial charge in [0.2, 0.25) is 5.89 Å². The van der Waals surface area contributed by atoms with Crippen molar-refractivity contribution in [2.75, 3.05) is 18.1 Å². The average molecular weight is 289 g/mol. The van der Waals surface area contributed by atoms with Crippen molar-refractivity contribution in [3.05, 3.63) is 35.5 Å². The first-order chi connectivity index (χ1) is 10.1. The second-order valence-electron chi connectivity index (χ2n) is 4.40. The molecule has 0 aliphatic carbocycles. The maximum atomic E-state index is 12.4. The summed E-state index contributed by atoms with van der Waals surface area (Å²) in [6.45, 7) is 2.06. The molecule has 0 spiro atoms. The monoisotopic (exact) mass is 289 g/mol. The van der Waals surface area contributed by atoms with Crippen molar-refractivity contribution in [2.45, 2.75) is 6.92 Å². The van der Waals surface area contributed by atoms with Gasteiger partial charge in [-0.05, 0) is 12.1 Å². The number of amides is 1. The maximum Gasteiger partial charge on any atom is 0.339 e. The van der Waals surface area contributed by atoms with Crippen LogP contribution in [0, 0.1) is 6.92 Å². The van der Waals surface area contributed by atoms with Crippen molar-refractivity contribution in [1.29, 1.82) is 0 Å². The number of fused-ring (bicyclic) bond motifs is 1. The minimum absolute atomic E-state index is 0.00860. The summed E-state index contributed by atoms with van der Waals surface area (Å²) in [5.41, 5.74) is 0.392. The number of carboxylic acid groups (broad SMARTS) is 1. The number of nitrogens with zero attached hydrogens (tertiary/aromatic N) is 3. The summed E-state index contributed by atoms with van der Waals surface area (Å²) < 4.78 is 10.2. The van der Waals surface area contributed by atoms with Crippen LogP contribution >= 0.6 is 0 Å². The van der Waals surface area contributed by atoms with Crippen LogP contribution in [-0.4, -0.2) is 40.3 Å². The molecule has 108 valence electrons. The lowest BCUT2D eigenvalue weighted by Gasteiger charge is -2.29. The van der Waals surface area contributed by atoms with E-state index in [0.29, 0.717) is 5.69 Å². The van der Waals surface area contributed by atoms with Crippen LogP contribution in [0.25, 0.3) is 0 Å². The Hall–Kier alpha value is -2.90. The summed E-state index contributed by atoms with van der Waals surface area (Å²) in [5, 5.41) is 12.7. The number of ether oxygens (including phenoxy) is 1. The Balaban J connectivity index is 2.03. The van der Waals surface area contributed by atoms with Gasteiger partial charge in [-0.25, -0.2) is 4.79 Å². The summed E-state index contributed by atoms with van der Waals surface area (Å²) in [6.07, 6.45) is 0. The highest BCUT2D eigenvalue weighted by Gasteiger charge is 2.30. The molecule has 1 aromatic carbocycles. The number of aryl methyl sites for hydroxylation is 1. The smallest absolute Gasteiger partial charge is 0.339 e. The number of anilines is 1. The van der Waals surface area contributed by atoms with Gasteiger partial charge in [-0.1, -0.05) is 11.2 Å². The maximum absolute atomic E-state index is 12.4. The molecule has 21 heavy (non-hydrogen) atoms. The molecule has 1 aromatic heterocycles. The number of aromatic carboxylic acids is 1. The molecule has 3 rings (SSSR count). The molecule has 0 fully saturated rings. The van der Waals surface area contributed by atoms with Gasteiger partial charge in [0, 0.05) is 6.92 Å². The van der Waals surface area contributed by atoms with E-state index < -0.39 is 11.9 Å². The van der Waals surface area contributed by atoms with E-state index in [1.54, 1.807) is 19.1 Å². The van der Waals surface area contributed by atoms with Gasteiger partial charge in [0.15, 0.2) is 5.75 Å². The van der Waals surface area contributed by atoms with Crippen molar-refractivity contribution in [3.63, 3.8) is 0 Å². The molecular weight excluding hydrogens is 278 g/mol. The zero-order valence-electron chi connectivity index (χ0n) is 11.1. The Labute approximate surface area is 118 Å². The highest BCUT2D eigenvalue weighted by Crippen LogP contribution is 2.35. The van der Waals surface area contributed by atoms with Crippen LogP contribution < -0.4 is 9.64 Å². The largest absolute Gasteiger partial charge is 0.489 e. The van der Waals surface area contributed by atoms with Crippen LogP contribution in [0.1, 0.15) is 26.9 Å². The minimum Gasteiger partial charge on any atom is -0.489 e. The fourth-order valence-corrected chi connectivity index (χ4v) is 2.13. The zero-order chi connectivity index (χ0) is 15.0. The Morgan fingerprint density at radius 1 is 1.38 bits per heavy atom. The fraction of sp³-hybridized carbons (Fsp3) is 0.231. The summed E-state index contributed by atoms with van der Waals surface area (Å²) in [7, 11) is 0. The lowest BCUT2D eigenvalue weighted by molar-refractivity contribution is 0.0690. The Morgan fingerprint density at radius 2 is 2.19 bits per heavy atom.